The van der Waals surface area contributed by atoms with Gasteiger partial charge in [0.25, 0.3) is 0 Å². The number of pyridine rings is 2. The second-order valence-corrected chi connectivity index (χ2v) is 14.8. The quantitative estimate of drug-likeness (QED) is 0.590. The Morgan fingerprint density at radius 3 is 2.66 bits per heavy atom. The summed E-state index contributed by atoms with van der Waals surface area (Å²) in [6, 6.07) is 3.24. The lowest BCUT2D eigenvalue weighted by Crippen LogP contribution is -2.53. The standard InChI is InChI=1S/C23H34FN3O4Si/c1-23(2,3)32(5,6)31-16-9-7-15(27(14-16)22(28)29)8-10-17-18(24)13-25-19-11-12-20(30-4)26-21(17)19/h11-13,15-16H,7-10,14H2,1-6H3,(H,28,29)/t15-,16-/m1/s1. The first-order valence-corrected chi connectivity index (χ1v) is 14.0. The number of fused-ring (bicyclic) bond motifs is 1. The summed E-state index contributed by atoms with van der Waals surface area (Å²) in [5, 5.41) is 9.91. The summed E-state index contributed by atoms with van der Waals surface area (Å²) in [7, 11) is -0.484. The fraction of sp³-hybridized carbons (Fsp3) is 0.609. The number of carbonyl (C=O) groups is 1. The molecule has 3 rings (SSSR count). The Balaban J connectivity index is 1.75. The maximum absolute atomic E-state index is 14.6. The Labute approximate surface area is 190 Å². The molecular formula is C23H34FN3O4Si. The number of hydrogen-bond donors (Lipinski definition) is 1. The van der Waals surface area contributed by atoms with Crippen molar-refractivity contribution in [2.75, 3.05) is 13.7 Å². The molecule has 1 fully saturated rings. The van der Waals surface area contributed by atoms with Crippen LogP contribution >= 0.6 is 0 Å². The van der Waals surface area contributed by atoms with Crippen LogP contribution in [-0.2, 0) is 10.8 Å². The van der Waals surface area contributed by atoms with Crippen LogP contribution < -0.4 is 4.74 Å². The number of likely N-dealkylation sites (tertiary alicyclic amines) is 1. The van der Waals surface area contributed by atoms with Gasteiger partial charge in [0.1, 0.15) is 5.82 Å². The van der Waals surface area contributed by atoms with Gasteiger partial charge in [0, 0.05) is 24.2 Å². The number of carboxylic acid groups (broad SMARTS) is 1. The molecule has 2 aromatic heterocycles. The number of piperidine rings is 1. The highest BCUT2D eigenvalue weighted by atomic mass is 28.4. The highest BCUT2D eigenvalue weighted by Crippen LogP contribution is 2.39. The van der Waals surface area contributed by atoms with Gasteiger partial charge in [-0.15, -0.1) is 0 Å². The minimum Gasteiger partial charge on any atom is -0.481 e. The SMILES string of the molecule is COc1ccc2ncc(F)c(CC[C@H]3CC[C@@H](O[Si](C)(C)C(C)(C)C)CN3C(=O)O)c2n1. The van der Waals surface area contributed by atoms with Crippen molar-refractivity contribution in [1.82, 2.24) is 14.9 Å². The largest absolute Gasteiger partial charge is 0.481 e. The fourth-order valence-corrected chi connectivity index (χ4v) is 5.34. The predicted octanol–water partition coefficient (Wildman–Crippen LogP) is 5.24. The minimum absolute atomic E-state index is 0.0614. The Morgan fingerprint density at radius 1 is 1.31 bits per heavy atom. The van der Waals surface area contributed by atoms with Gasteiger partial charge < -0.3 is 19.2 Å². The summed E-state index contributed by atoms with van der Waals surface area (Å²) >= 11 is 0. The van der Waals surface area contributed by atoms with Crippen LogP contribution in [-0.4, -0.2) is 60.2 Å². The lowest BCUT2D eigenvalue weighted by molar-refractivity contribution is 0.0402. The molecule has 9 heteroatoms. The molecule has 7 nitrogen and oxygen atoms in total. The molecule has 0 saturated carbocycles. The van der Waals surface area contributed by atoms with Gasteiger partial charge in [-0.05, 0) is 49.9 Å². The number of nitrogens with zero attached hydrogens (tertiary/aromatic N) is 3. The topological polar surface area (TPSA) is 84.8 Å². The van der Waals surface area contributed by atoms with E-state index >= 15 is 0 Å². The third kappa shape index (κ3) is 5.20. The van der Waals surface area contributed by atoms with E-state index in [0.29, 0.717) is 48.3 Å². The summed E-state index contributed by atoms with van der Waals surface area (Å²) < 4.78 is 26.3. The van der Waals surface area contributed by atoms with Crippen LogP contribution in [0, 0.1) is 5.82 Å². The molecular weight excluding hydrogens is 429 g/mol. The Morgan fingerprint density at radius 2 is 2.03 bits per heavy atom. The number of rotatable bonds is 6. The van der Waals surface area contributed by atoms with Gasteiger partial charge >= 0.3 is 6.09 Å². The average Bonchev–Trinajstić information content (AvgIpc) is 2.72. The van der Waals surface area contributed by atoms with Gasteiger partial charge in [0.15, 0.2) is 8.32 Å². The molecule has 1 N–H and O–H groups in total. The van der Waals surface area contributed by atoms with E-state index in [1.165, 1.54) is 18.2 Å². The van der Waals surface area contributed by atoms with Crippen LogP contribution in [0.3, 0.4) is 0 Å². The molecule has 0 aliphatic carbocycles. The molecule has 0 bridgehead atoms. The Kier molecular flexibility index (Phi) is 7.09. The molecule has 1 aliphatic heterocycles. The normalized spacial score (nSPS) is 19.9. The molecule has 2 atom stereocenters. The number of amides is 1. The van der Waals surface area contributed by atoms with Crippen LogP contribution in [0.25, 0.3) is 11.0 Å². The van der Waals surface area contributed by atoms with E-state index in [9.17, 15) is 14.3 Å². The van der Waals surface area contributed by atoms with Crippen molar-refractivity contribution in [2.24, 2.45) is 0 Å². The molecule has 0 unspecified atom stereocenters. The molecule has 3 heterocycles. The van der Waals surface area contributed by atoms with Crippen molar-refractivity contribution >= 4 is 25.4 Å². The van der Waals surface area contributed by atoms with Gasteiger partial charge in [0.05, 0.1) is 30.4 Å². The first-order valence-electron chi connectivity index (χ1n) is 11.1. The predicted molar refractivity (Wildman–Crippen MR) is 124 cm³/mol. The van der Waals surface area contributed by atoms with Crippen molar-refractivity contribution in [1.29, 1.82) is 0 Å². The van der Waals surface area contributed by atoms with Gasteiger partial charge in [-0.2, -0.15) is 0 Å². The Hall–Kier alpha value is -2.26. The van der Waals surface area contributed by atoms with Crippen molar-refractivity contribution in [3.8, 4) is 5.88 Å². The number of aromatic nitrogens is 2. The van der Waals surface area contributed by atoms with E-state index in [0.717, 1.165) is 6.42 Å². The third-order valence-corrected chi connectivity index (χ3v) is 11.4. The van der Waals surface area contributed by atoms with Gasteiger partial charge in [-0.3, -0.25) is 4.98 Å². The maximum atomic E-state index is 14.6. The van der Waals surface area contributed by atoms with Crippen LogP contribution in [0.1, 0.15) is 45.6 Å². The highest BCUT2D eigenvalue weighted by molar-refractivity contribution is 6.74. The van der Waals surface area contributed by atoms with E-state index in [1.54, 1.807) is 12.1 Å². The van der Waals surface area contributed by atoms with Crippen LogP contribution in [0.5, 0.6) is 5.88 Å². The summed E-state index contributed by atoms with van der Waals surface area (Å²) in [4.78, 5) is 22.0. The van der Waals surface area contributed by atoms with E-state index < -0.39 is 20.2 Å². The second-order valence-electron chi connectivity index (χ2n) is 10.0. The zero-order valence-electron chi connectivity index (χ0n) is 19.8. The van der Waals surface area contributed by atoms with Crippen molar-refractivity contribution in [3.63, 3.8) is 0 Å². The summed E-state index contributed by atoms with van der Waals surface area (Å²) in [5.74, 6) is -0.0447. The molecule has 1 saturated heterocycles. The number of halogens is 1. The number of aryl methyl sites for hydroxylation is 1. The fourth-order valence-electron chi connectivity index (χ4n) is 3.96. The first-order chi connectivity index (χ1) is 14.9. The minimum atomic E-state index is -1.99. The number of hydrogen-bond acceptors (Lipinski definition) is 5. The van der Waals surface area contributed by atoms with E-state index in [2.05, 4.69) is 43.8 Å². The lowest BCUT2D eigenvalue weighted by Gasteiger charge is -2.44. The number of ether oxygens (including phenoxy) is 1. The first kappa shape index (κ1) is 24.4. The maximum Gasteiger partial charge on any atom is 0.407 e. The van der Waals surface area contributed by atoms with E-state index in [4.69, 9.17) is 9.16 Å². The molecule has 2 aromatic rings. The third-order valence-electron chi connectivity index (χ3n) is 6.85. The van der Waals surface area contributed by atoms with Crippen LogP contribution in [0.15, 0.2) is 18.3 Å². The van der Waals surface area contributed by atoms with E-state index in [1.807, 2.05) is 0 Å². The number of methoxy groups -OCH3 is 1. The van der Waals surface area contributed by atoms with Gasteiger partial charge in [-0.1, -0.05) is 20.8 Å². The van der Waals surface area contributed by atoms with E-state index in [-0.39, 0.29) is 17.2 Å². The monoisotopic (exact) mass is 463 g/mol. The van der Waals surface area contributed by atoms with Crippen LogP contribution in [0.4, 0.5) is 9.18 Å². The molecule has 1 amide bonds. The lowest BCUT2D eigenvalue weighted by atomic mass is 9.94. The van der Waals surface area contributed by atoms with Gasteiger partial charge in [-0.25, -0.2) is 14.2 Å². The van der Waals surface area contributed by atoms with Crippen molar-refractivity contribution < 1.29 is 23.5 Å². The molecule has 32 heavy (non-hydrogen) atoms. The molecule has 1 aliphatic rings. The summed E-state index contributed by atoms with van der Waals surface area (Å²) in [5.41, 5.74) is 1.49. The molecule has 0 radical (unpaired) electrons. The highest BCUT2D eigenvalue weighted by Gasteiger charge is 2.41. The summed E-state index contributed by atoms with van der Waals surface area (Å²) in [6.45, 7) is 11.2. The molecule has 0 spiro atoms. The van der Waals surface area contributed by atoms with Crippen LogP contribution in [0.2, 0.25) is 18.1 Å². The smallest absolute Gasteiger partial charge is 0.407 e. The second kappa shape index (κ2) is 9.31. The average molecular weight is 464 g/mol. The zero-order chi connectivity index (χ0) is 23.7. The Bertz CT molecular complexity index is 980. The zero-order valence-corrected chi connectivity index (χ0v) is 20.8. The molecule has 176 valence electrons. The van der Waals surface area contributed by atoms with Gasteiger partial charge in [0.2, 0.25) is 5.88 Å². The van der Waals surface area contributed by atoms with Crippen molar-refractivity contribution in [2.45, 2.75) is 76.7 Å². The summed E-state index contributed by atoms with van der Waals surface area (Å²) in [6.07, 6.45) is 2.50. The van der Waals surface area contributed by atoms with Crippen molar-refractivity contribution in [3.05, 3.63) is 29.7 Å². The molecule has 0 aromatic carbocycles.